The third-order valence-corrected chi connectivity index (χ3v) is 13.2. The number of likely N-dealkylation sites (tertiary alicyclic amines) is 2. The first-order valence-electron chi connectivity index (χ1n) is 18.4. The van der Waals surface area contributed by atoms with Crippen LogP contribution in [0.5, 0.6) is 5.75 Å². The van der Waals surface area contributed by atoms with Crippen LogP contribution in [0.4, 0.5) is 5.69 Å². The zero-order valence-corrected chi connectivity index (χ0v) is 32.3. The van der Waals surface area contributed by atoms with Gasteiger partial charge in [0, 0.05) is 79.0 Å². The minimum atomic E-state index is -4.65. The molecule has 1 unspecified atom stereocenters. The summed E-state index contributed by atoms with van der Waals surface area (Å²) in [5.74, 6) is -0.554. The van der Waals surface area contributed by atoms with Crippen LogP contribution in [0.1, 0.15) is 78.4 Å². The van der Waals surface area contributed by atoms with E-state index >= 15 is 0 Å². The number of carbonyl (C=O) groups is 1. The smallest absolute Gasteiger partial charge is 0.294 e. The third-order valence-electron chi connectivity index (χ3n) is 10.8. The summed E-state index contributed by atoms with van der Waals surface area (Å²) in [6.07, 6.45) is 9.55. The zero-order valence-electron chi connectivity index (χ0n) is 29.8. The number of ether oxygens (including phenoxy) is 1. The fourth-order valence-corrected chi connectivity index (χ4v) is 9.84. The summed E-state index contributed by atoms with van der Waals surface area (Å²) < 4.78 is 106. The number of anilines is 1. The van der Waals surface area contributed by atoms with Crippen molar-refractivity contribution in [1.29, 1.82) is 0 Å². The lowest BCUT2D eigenvalue weighted by atomic mass is 9.80. The summed E-state index contributed by atoms with van der Waals surface area (Å²) in [6, 6.07) is 8.10. The van der Waals surface area contributed by atoms with Crippen LogP contribution in [0.3, 0.4) is 0 Å². The first-order valence-corrected chi connectivity index (χ1v) is 23.0. The average Bonchev–Trinajstić information content (AvgIpc) is 3.11. The Labute approximate surface area is 316 Å². The fraction of sp³-hybridized carbons (Fsp3) is 0.486. The van der Waals surface area contributed by atoms with Crippen LogP contribution >= 0.6 is 0 Å². The highest BCUT2D eigenvalue weighted by Gasteiger charge is 2.37. The van der Waals surface area contributed by atoms with E-state index in [0.717, 1.165) is 73.0 Å². The Balaban J connectivity index is 1.38. The van der Waals surface area contributed by atoms with Crippen LogP contribution in [-0.4, -0.2) is 111 Å². The van der Waals surface area contributed by atoms with E-state index in [4.69, 9.17) is 4.74 Å². The topological polar surface area (TPSA) is 199 Å². The van der Waals surface area contributed by atoms with Crippen LogP contribution in [-0.2, 0) is 36.8 Å². The Kier molecular flexibility index (Phi) is 10.8. The van der Waals surface area contributed by atoms with Crippen LogP contribution in [0.2, 0.25) is 0 Å². The minimum Gasteiger partial charge on any atom is -0.481 e. The fourth-order valence-electron chi connectivity index (χ4n) is 8.35. The van der Waals surface area contributed by atoms with Crippen molar-refractivity contribution < 1.29 is 48.4 Å². The van der Waals surface area contributed by atoms with Crippen molar-refractivity contribution in [2.24, 2.45) is 0 Å². The number of carbonyl (C=O) groups excluding carboxylic acids is 1. The standard InChI is InChI=1S/C37H45N3O11S3/c41-37(40-12-2-1-3-13-40)29-22-27(54(48,49)50)10-11-28(29)36-30-20-25-8-4-14-38(16-6-18-52(42,43)44)32(25)23-34(30)51-35-24-33-26(21-31(35)36)9-5-15-39(33)17-7-19-53(45,46)47/h10-11,20-24,34H,1-9,12-19H2,(H,42,43,44)(H,45,46,47)(H,48,49,50). The predicted molar refractivity (Wildman–Crippen MR) is 202 cm³/mol. The quantitative estimate of drug-likeness (QED) is 0.271. The van der Waals surface area contributed by atoms with Crippen LogP contribution < -0.4 is 9.64 Å². The van der Waals surface area contributed by atoms with Crippen molar-refractivity contribution in [1.82, 2.24) is 9.80 Å². The van der Waals surface area contributed by atoms with Gasteiger partial charge in [-0.2, -0.15) is 25.3 Å². The number of allylic oxidation sites excluding steroid dienone is 1. The maximum absolute atomic E-state index is 14.3. The molecule has 5 aliphatic rings. The SMILES string of the molecule is O=C(c1cc(S(=O)(=O)O)ccc1C1=C2C=C3CCCN(CCCS(=O)(=O)O)C3=CC2Oc2cc3c(cc21)CCCN3CCCS(=O)(=O)O)N1CCCCC1. The highest BCUT2D eigenvalue weighted by molar-refractivity contribution is 7.86. The second-order valence-electron chi connectivity index (χ2n) is 14.6. The maximum Gasteiger partial charge on any atom is 0.294 e. The molecule has 2 aromatic carbocycles. The van der Waals surface area contributed by atoms with Crippen molar-refractivity contribution >= 4 is 47.5 Å². The molecule has 17 heteroatoms. The molecule has 14 nitrogen and oxygen atoms in total. The molecule has 2 fully saturated rings. The molecule has 3 N–H and O–H groups in total. The van der Waals surface area contributed by atoms with Gasteiger partial charge in [0.1, 0.15) is 11.9 Å². The van der Waals surface area contributed by atoms with Gasteiger partial charge in [-0.25, -0.2) is 0 Å². The lowest BCUT2D eigenvalue weighted by Gasteiger charge is -2.40. The summed E-state index contributed by atoms with van der Waals surface area (Å²) in [5.41, 5.74) is 6.58. The summed E-state index contributed by atoms with van der Waals surface area (Å²) in [7, 11) is -12.9. The molecule has 4 heterocycles. The lowest BCUT2D eigenvalue weighted by Crippen LogP contribution is -2.37. The highest BCUT2D eigenvalue weighted by Crippen LogP contribution is 2.48. The first-order chi connectivity index (χ1) is 25.6. The number of nitrogens with zero attached hydrogens (tertiary/aromatic N) is 3. The largest absolute Gasteiger partial charge is 0.481 e. The van der Waals surface area contributed by atoms with Crippen LogP contribution in [0.25, 0.3) is 5.57 Å². The van der Waals surface area contributed by atoms with E-state index in [0.29, 0.717) is 61.7 Å². The number of rotatable bonds is 11. The molecule has 0 spiro atoms. The van der Waals surface area contributed by atoms with Gasteiger partial charge >= 0.3 is 0 Å². The average molecular weight is 804 g/mol. The Morgan fingerprint density at radius 2 is 1.43 bits per heavy atom. The number of benzene rings is 2. The molecule has 292 valence electrons. The van der Waals surface area contributed by atoms with Gasteiger partial charge in [0.05, 0.1) is 16.4 Å². The van der Waals surface area contributed by atoms with Crippen LogP contribution in [0.15, 0.2) is 64.2 Å². The first kappa shape index (κ1) is 38.5. The highest BCUT2D eigenvalue weighted by atomic mass is 32.2. The number of aryl methyl sites for hydroxylation is 1. The third kappa shape index (κ3) is 8.40. The maximum atomic E-state index is 14.3. The molecule has 1 aliphatic carbocycles. The van der Waals surface area contributed by atoms with Gasteiger partial charge in [-0.15, -0.1) is 0 Å². The molecule has 0 radical (unpaired) electrons. The van der Waals surface area contributed by atoms with Crippen molar-refractivity contribution in [3.8, 4) is 5.75 Å². The molecule has 0 saturated carbocycles. The van der Waals surface area contributed by atoms with E-state index in [9.17, 15) is 43.7 Å². The van der Waals surface area contributed by atoms with Crippen molar-refractivity contribution in [3.05, 3.63) is 81.6 Å². The molecular weight excluding hydrogens is 759 g/mol. The zero-order chi connectivity index (χ0) is 38.4. The van der Waals surface area contributed by atoms with Gasteiger partial charge in [0.25, 0.3) is 36.3 Å². The van der Waals surface area contributed by atoms with E-state index in [2.05, 4.69) is 15.9 Å². The van der Waals surface area contributed by atoms with E-state index in [-0.39, 0.29) is 40.7 Å². The number of piperidine rings is 2. The van der Waals surface area contributed by atoms with Crippen molar-refractivity contribution in [3.63, 3.8) is 0 Å². The van der Waals surface area contributed by atoms with E-state index in [1.54, 1.807) is 11.0 Å². The summed E-state index contributed by atoms with van der Waals surface area (Å²) in [5, 5.41) is 0. The van der Waals surface area contributed by atoms with E-state index in [1.807, 2.05) is 18.2 Å². The number of hydrogen-bond acceptors (Lipinski definition) is 10. The van der Waals surface area contributed by atoms with E-state index in [1.165, 1.54) is 12.1 Å². The summed E-state index contributed by atoms with van der Waals surface area (Å²) in [6.45, 7) is 3.19. The minimum absolute atomic E-state index is 0.148. The second kappa shape index (κ2) is 15.1. The van der Waals surface area contributed by atoms with Gasteiger partial charge in [-0.05, 0) is 105 Å². The number of hydrogen-bond donors (Lipinski definition) is 3. The number of fused-ring (bicyclic) bond motifs is 4. The summed E-state index contributed by atoms with van der Waals surface area (Å²) >= 11 is 0. The molecule has 2 saturated heterocycles. The normalized spacial score (nSPS) is 20.3. The molecule has 0 aromatic heterocycles. The Morgan fingerprint density at radius 1 is 0.759 bits per heavy atom. The molecule has 7 rings (SSSR count). The van der Waals surface area contributed by atoms with Gasteiger partial charge in [-0.3, -0.25) is 18.5 Å². The molecule has 1 amide bonds. The molecule has 54 heavy (non-hydrogen) atoms. The van der Waals surface area contributed by atoms with Gasteiger partial charge in [-0.1, -0.05) is 6.07 Å². The Hall–Kier alpha value is -3.74. The molecule has 2 aromatic rings. The predicted octanol–water partition coefficient (Wildman–Crippen LogP) is 4.35. The van der Waals surface area contributed by atoms with Gasteiger partial charge in [0.15, 0.2) is 0 Å². The van der Waals surface area contributed by atoms with Crippen LogP contribution in [0, 0.1) is 0 Å². The molecule has 0 bridgehead atoms. The monoisotopic (exact) mass is 803 g/mol. The second-order valence-corrected chi connectivity index (χ2v) is 19.1. The lowest BCUT2D eigenvalue weighted by molar-refractivity contribution is 0.0723. The molecular formula is C37H45N3O11S3. The van der Waals surface area contributed by atoms with Crippen molar-refractivity contribution in [2.45, 2.75) is 68.8 Å². The Morgan fingerprint density at radius 3 is 2.11 bits per heavy atom. The van der Waals surface area contributed by atoms with Crippen molar-refractivity contribution in [2.75, 3.05) is 55.7 Å². The van der Waals surface area contributed by atoms with Gasteiger partial charge < -0.3 is 19.4 Å². The van der Waals surface area contributed by atoms with E-state index < -0.39 is 36.5 Å². The summed E-state index contributed by atoms with van der Waals surface area (Å²) in [4.78, 5) is 19.8. The number of amides is 1. The Bertz CT molecular complexity index is 2280. The van der Waals surface area contributed by atoms with Gasteiger partial charge in [0.2, 0.25) is 0 Å². The molecule has 1 atom stereocenters. The molecule has 4 aliphatic heterocycles.